The van der Waals surface area contributed by atoms with Crippen LogP contribution in [0.3, 0.4) is 0 Å². The molecule has 0 atom stereocenters. The fourth-order valence-electron chi connectivity index (χ4n) is 2.59. The van der Waals surface area contributed by atoms with Gasteiger partial charge in [-0.25, -0.2) is 0 Å². The van der Waals surface area contributed by atoms with Crippen molar-refractivity contribution in [3.63, 3.8) is 0 Å². The maximum absolute atomic E-state index is 9.40. The normalized spacial score (nSPS) is 14.0. The number of benzene rings is 2. The van der Waals surface area contributed by atoms with E-state index in [0.29, 0.717) is 0 Å². The number of nitrogens with one attached hydrogen (secondary N) is 1. The highest BCUT2D eigenvalue weighted by atomic mass is 79.9. The lowest BCUT2D eigenvalue weighted by molar-refractivity contribution is 0.279. The lowest BCUT2D eigenvalue weighted by Crippen LogP contribution is -2.06. The largest absolute Gasteiger partial charge is 0.396 e. The van der Waals surface area contributed by atoms with Crippen LogP contribution < -0.4 is 11.1 Å². The van der Waals surface area contributed by atoms with Gasteiger partial charge in [-0.2, -0.15) is 0 Å². The molecule has 0 aromatic heterocycles. The monoisotopic (exact) mass is 392 g/mol. The minimum atomic E-state index is 0.0593. The van der Waals surface area contributed by atoms with Crippen LogP contribution in [0.2, 0.25) is 0 Å². The number of rotatable bonds is 6. The van der Waals surface area contributed by atoms with Gasteiger partial charge in [0.2, 0.25) is 0 Å². The summed E-state index contributed by atoms with van der Waals surface area (Å²) in [6, 6.07) is 10.3. The van der Waals surface area contributed by atoms with Gasteiger partial charge >= 0.3 is 0 Å². The minimum absolute atomic E-state index is 0.0593. The van der Waals surface area contributed by atoms with Crippen molar-refractivity contribution in [1.29, 1.82) is 0 Å². The van der Waals surface area contributed by atoms with Crippen molar-refractivity contribution < 1.29 is 5.11 Å². The molecule has 1 saturated carbocycles. The van der Waals surface area contributed by atoms with Crippen molar-refractivity contribution in [2.75, 3.05) is 23.9 Å². The van der Waals surface area contributed by atoms with Gasteiger partial charge in [-0.3, -0.25) is 0 Å². The highest BCUT2D eigenvalue weighted by Crippen LogP contribution is 2.39. The van der Waals surface area contributed by atoms with E-state index in [1.165, 1.54) is 12.8 Å². The number of thioether (sulfide) groups is 1. The molecule has 23 heavy (non-hydrogen) atoms. The first-order valence-corrected chi connectivity index (χ1v) is 9.75. The predicted octanol–water partition coefficient (Wildman–Crippen LogP) is 4.73. The van der Waals surface area contributed by atoms with Crippen LogP contribution in [-0.4, -0.2) is 17.9 Å². The molecule has 2 aromatic carbocycles. The molecule has 4 N–H and O–H groups in total. The first-order chi connectivity index (χ1) is 11.1. The molecule has 2 aromatic rings. The number of nitrogen functional groups attached to an aromatic ring is 1. The molecule has 3 nitrogen and oxygen atoms in total. The van der Waals surface area contributed by atoms with E-state index in [2.05, 4.69) is 39.4 Å². The van der Waals surface area contributed by atoms with Gasteiger partial charge in [-0.05, 0) is 69.8 Å². The second-order valence-corrected chi connectivity index (χ2v) is 7.54. The Morgan fingerprint density at radius 2 is 2.09 bits per heavy atom. The van der Waals surface area contributed by atoms with Crippen molar-refractivity contribution in [3.8, 4) is 11.1 Å². The molecule has 0 unspecified atom stereocenters. The highest BCUT2D eigenvalue weighted by Gasteiger charge is 2.21. The quantitative estimate of drug-likeness (QED) is 0.490. The Morgan fingerprint density at radius 3 is 2.74 bits per heavy atom. The van der Waals surface area contributed by atoms with Crippen molar-refractivity contribution in [2.45, 2.75) is 24.3 Å². The average molecular weight is 393 g/mol. The Bertz CT molecular complexity index is 716. The fraction of sp³-hybridized carbons (Fsp3) is 0.333. The van der Waals surface area contributed by atoms with Crippen molar-refractivity contribution >= 4 is 39.1 Å². The molecule has 0 amide bonds. The van der Waals surface area contributed by atoms with Crippen LogP contribution >= 0.6 is 27.7 Å². The Morgan fingerprint density at radius 1 is 1.30 bits per heavy atom. The van der Waals surface area contributed by atoms with Crippen LogP contribution in [0, 0.1) is 5.92 Å². The second kappa shape index (κ2) is 7.16. The summed E-state index contributed by atoms with van der Waals surface area (Å²) in [5.74, 6) is 0.808. The number of halogens is 1. The van der Waals surface area contributed by atoms with Crippen LogP contribution in [0.25, 0.3) is 11.1 Å². The highest BCUT2D eigenvalue weighted by molar-refractivity contribution is 9.10. The first kappa shape index (κ1) is 16.7. The fourth-order valence-corrected chi connectivity index (χ4v) is 3.80. The van der Waals surface area contributed by atoms with Crippen LogP contribution in [0.15, 0.2) is 39.7 Å². The number of nitrogens with two attached hydrogens (primary N) is 1. The summed E-state index contributed by atoms with van der Waals surface area (Å²) in [6.45, 7) is 1.06. The summed E-state index contributed by atoms with van der Waals surface area (Å²) in [6.07, 6.45) is 4.66. The Labute approximate surface area is 149 Å². The molecule has 1 aliphatic rings. The number of hydrogen-bond donors (Lipinski definition) is 3. The number of aliphatic hydroxyl groups is 1. The van der Waals surface area contributed by atoms with E-state index in [0.717, 1.165) is 49.9 Å². The molecule has 0 radical (unpaired) electrons. The van der Waals surface area contributed by atoms with Gasteiger partial charge in [-0.1, -0.05) is 18.2 Å². The predicted molar refractivity (Wildman–Crippen MR) is 103 cm³/mol. The zero-order valence-corrected chi connectivity index (χ0v) is 15.5. The third-order valence-corrected chi connectivity index (χ3v) is 5.90. The van der Waals surface area contributed by atoms with Gasteiger partial charge in [-0.15, -0.1) is 11.8 Å². The lowest BCUT2D eigenvalue weighted by atomic mass is 10.0. The molecular formula is C18H21BrN2OS. The topological polar surface area (TPSA) is 58.3 Å². The summed E-state index contributed by atoms with van der Waals surface area (Å²) in [5.41, 5.74) is 11.2. The van der Waals surface area contributed by atoms with E-state index in [9.17, 15) is 5.11 Å². The van der Waals surface area contributed by atoms with Crippen molar-refractivity contribution in [2.24, 2.45) is 5.92 Å². The van der Waals surface area contributed by atoms with Gasteiger partial charge in [0, 0.05) is 11.4 Å². The lowest BCUT2D eigenvalue weighted by Gasteiger charge is -2.15. The molecule has 5 heteroatoms. The molecule has 1 aliphatic carbocycles. The maximum Gasteiger partial charge on any atom is 0.0700 e. The van der Waals surface area contributed by atoms with Crippen LogP contribution in [0.1, 0.15) is 18.4 Å². The smallest absolute Gasteiger partial charge is 0.0700 e. The SMILES string of the molecule is CSc1cc(-c2ccc(NCC3CC3)c(N)c2Br)ccc1CO. The molecule has 0 heterocycles. The van der Waals surface area contributed by atoms with Gasteiger partial charge in [0.15, 0.2) is 0 Å². The Hall–Kier alpha value is -1.17. The number of anilines is 2. The van der Waals surface area contributed by atoms with E-state index in [1.807, 2.05) is 18.4 Å². The van der Waals surface area contributed by atoms with Gasteiger partial charge in [0.25, 0.3) is 0 Å². The van der Waals surface area contributed by atoms with Gasteiger partial charge in [0.05, 0.1) is 22.5 Å². The zero-order chi connectivity index (χ0) is 16.4. The summed E-state index contributed by atoms with van der Waals surface area (Å²) < 4.78 is 0.919. The van der Waals surface area contributed by atoms with Crippen molar-refractivity contribution in [1.82, 2.24) is 0 Å². The zero-order valence-electron chi connectivity index (χ0n) is 13.1. The molecule has 3 rings (SSSR count). The number of hydrogen-bond acceptors (Lipinski definition) is 4. The second-order valence-electron chi connectivity index (χ2n) is 5.90. The Kier molecular flexibility index (Phi) is 5.19. The van der Waals surface area contributed by atoms with E-state index in [-0.39, 0.29) is 6.61 Å². The van der Waals surface area contributed by atoms with Crippen LogP contribution in [-0.2, 0) is 6.61 Å². The van der Waals surface area contributed by atoms with Gasteiger partial charge in [0.1, 0.15) is 0 Å². The molecule has 0 spiro atoms. The molecule has 1 fully saturated rings. The summed E-state index contributed by atoms with van der Waals surface area (Å²) in [5, 5.41) is 12.8. The molecular weight excluding hydrogens is 372 g/mol. The van der Waals surface area contributed by atoms with E-state index in [4.69, 9.17) is 5.73 Å². The molecule has 0 bridgehead atoms. The van der Waals surface area contributed by atoms with E-state index < -0.39 is 0 Å². The minimum Gasteiger partial charge on any atom is -0.396 e. The molecule has 122 valence electrons. The third kappa shape index (κ3) is 3.67. The van der Waals surface area contributed by atoms with E-state index in [1.54, 1.807) is 11.8 Å². The molecule has 0 aliphatic heterocycles. The first-order valence-electron chi connectivity index (χ1n) is 7.74. The summed E-state index contributed by atoms with van der Waals surface area (Å²) in [7, 11) is 0. The summed E-state index contributed by atoms with van der Waals surface area (Å²) >= 11 is 5.29. The van der Waals surface area contributed by atoms with E-state index >= 15 is 0 Å². The Balaban J connectivity index is 1.91. The summed E-state index contributed by atoms with van der Waals surface area (Å²) in [4.78, 5) is 1.09. The standard InChI is InChI=1S/C18H21BrN2OS/c1-23-16-8-12(4-5-13(16)10-22)14-6-7-15(18(20)17(14)19)21-9-11-2-3-11/h4-8,11,21-22H,2-3,9-10,20H2,1H3. The van der Waals surface area contributed by atoms with Crippen molar-refractivity contribution in [3.05, 3.63) is 40.4 Å². The maximum atomic E-state index is 9.40. The third-order valence-electron chi connectivity index (χ3n) is 4.23. The molecule has 0 saturated heterocycles. The van der Waals surface area contributed by atoms with Gasteiger partial charge < -0.3 is 16.2 Å². The number of aliphatic hydroxyl groups excluding tert-OH is 1. The average Bonchev–Trinajstić information content (AvgIpc) is 3.40. The van der Waals surface area contributed by atoms with Crippen LogP contribution in [0.4, 0.5) is 11.4 Å². The van der Waals surface area contributed by atoms with Crippen LogP contribution in [0.5, 0.6) is 0 Å².